The Kier molecular flexibility index (Phi) is 3.84. The zero-order valence-corrected chi connectivity index (χ0v) is 13.5. The van der Waals surface area contributed by atoms with E-state index in [1.165, 1.54) is 11.3 Å². The van der Waals surface area contributed by atoms with E-state index in [0.29, 0.717) is 6.54 Å². The third-order valence-electron chi connectivity index (χ3n) is 3.74. The number of thiophene rings is 1. The van der Waals surface area contributed by atoms with E-state index in [9.17, 15) is 4.79 Å². The van der Waals surface area contributed by atoms with E-state index in [-0.39, 0.29) is 5.91 Å². The number of pyridine rings is 1. The third-order valence-corrected chi connectivity index (χ3v) is 4.86. The van der Waals surface area contributed by atoms with Crippen molar-refractivity contribution in [1.29, 1.82) is 0 Å². The summed E-state index contributed by atoms with van der Waals surface area (Å²) in [5, 5.41) is 4.04. The molecule has 5 heteroatoms. The summed E-state index contributed by atoms with van der Waals surface area (Å²) in [7, 11) is 0. The molecule has 24 heavy (non-hydrogen) atoms. The first-order valence-electron chi connectivity index (χ1n) is 7.54. The Labute approximate surface area is 142 Å². The predicted molar refractivity (Wildman–Crippen MR) is 94.9 cm³/mol. The lowest BCUT2D eigenvalue weighted by Crippen LogP contribution is -2.21. The molecule has 1 N–H and O–H groups in total. The lowest BCUT2D eigenvalue weighted by molar-refractivity contribution is 0.0955. The predicted octanol–water partition coefficient (Wildman–Crippen LogP) is 4.49. The second-order valence-corrected chi connectivity index (χ2v) is 6.48. The molecule has 1 aromatic carbocycles. The van der Waals surface area contributed by atoms with Crippen LogP contribution in [0.1, 0.15) is 15.2 Å². The van der Waals surface area contributed by atoms with Gasteiger partial charge in [-0.1, -0.05) is 24.3 Å². The smallest absolute Gasteiger partial charge is 0.261 e. The fourth-order valence-electron chi connectivity index (χ4n) is 2.47. The topological polar surface area (TPSA) is 55.1 Å². The molecule has 0 aliphatic rings. The molecule has 0 aliphatic heterocycles. The van der Waals surface area contributed by atoms with Crippen LogP contribution in [0.5, 0.6) is 0 Å². The number of nitrogens with one attached hydrogen (secondary N) is 1. The lowest BCUT2D eigenvalue weighted by Gasteiger charge is -2.04. The molecule has 0 aliphatic carbocycles. The normalized spacial score (nSPS) is 10.8. The van der Waals surface area contributed by atoms with Gasteiger partial charge in [0.2, 0.25) is 0 Å². The maximum Gasteiger partial charge on any atom is 0.261 e. The Bertz CT molecular complexity index is 939. The molecule has 0 saturated heterocycles. The van der Waals surface area contributed by atoms with Crippen LogP contribution < -0.4 is 5.32 Å². The van der Waals surface area contributed by atoms with Gasteiger partial charge in [0.15, 0.2) is 0 Å². The summed E-state index contributed by atoms with van der Waals surface area (Å²) in [5.74, 6) is -0.0601. The number of furan rings is 1. The van der Waals surface area contributed by atoms with Crippen molar-refractivity contribution in [2.75, 3.05) is 0 Å². The van der Waals surface area contributed by atoms with E-state index in [4.69, 9.17) is 4.42 Å². The van der Waals surface area contributed by atoms with Crippen LogP contribution in [0.3, 0.4) is 0 Å². The summed E-state index contributed by atoms with van der Waals surface area (Å²) in [6.07, 6.45) is 5.05. The van der Waals surface area contributed by atoms with E-state index < -0.39 is 0 Å². The summed E-state index contributed by atoms with van der Waals surface area (Å²) < 4.78 is 6.18. The maximum absolute atomic E-state index is 12.3. The molecule has 0 radical (unpaired) electrons. The fourth-order valence-corrected chi connectivity index (χ4v) is 3.45. The minimum Gasteiger partial charge on any atom is -0.472 e. The van der Waals surface area contributed by atoms with Crippen molar-refractivity contribution in [3.05, 3.63) is 77.7 Å². The minimum atomic E-state index is -0.0601. The first-order chi connectivity index (χ1) is 11.8. The molecule has 4 aromatic rings. The molecule has 4 rings (SSSR count). The van der Waals surface area contributed by atoms with Gasteiger partial charge in [-0.05, 0) is 35.2 Å². The molecule has 4 nitrogen and oxygen atoms in total. The van der Waals surface area contributed by atoms with E-state index in [0.717, 1.165) is 31.8 Å². The number of aromatic nitrogens is 1. The van der Waals surface area contributed by atoms with E-state index >= 15 is 0 Å². The van der Waals surface area contributed by atoms with E-state index in [1.807, 2.05) is 48.5 Å². The van der Waals surface area contributed by atoms with Crippen LogP contribution in [0.4, 0.5) is 0 Å². The first kappa shape index (κ1) is 14.7. The SMILES string of the molecule is O=C(NCc1ccc(-c2ccoc2)nc1)c1cc2ccccc2s1. The standard InChI is InChI=1S/C19H14N2O2S/c22-19(18-9-14-3-1-2-4-17(14)24-18)21-11-13-5-6-16(20-10-13)15-7-8-23-12-15/h1-10,12H,11H2,(H,21,22). The van der Waals surface area contributed by atoms with E-state index in [2.05, 4.69) is 10.3 Å². The number of carbonyl (C=O) groups excluding carboxylic acids is 1. The molecule has 1 amide bonds. The van der Waals surface area contributed by atoms with Gasteiger partial charge in [-0.3, -0.25) is 9.78 Å². The van der Waals surface area contributed by atoms with Crippen molar-refractivity contribution in [1.82, 2.24) is 10.3 Å². The number of benzene rings is 1. The van der Waals surface area contributed by atoms with Crippen LogP contribution >= 0.6 is 11.3 Å². The van der Waals surface area contributed by atoms with E-state index in [1.54, 1.807) is 18.7 Å². The molecule has 118 valence electrons. The first-order valence-corrected chi connectivity index (χ1v) is 8.35. The number of nitrogens with zero attached hydrogens (tertiary/aromatic N) is 1. The van der Waals surface area contributed by atoms with Gasteiger partial charge in [0.05, 0.1) is 23.1 Å². The van der Waals surface area contributed by atoms with Crippen LogP contribution in [0.15, 0.2) is 71.7 Å². The van der Waals surface area contributed by atoms with Crippen molar-refractivity contribution in [2.45, 2.75) is 6.54 Å². The number of amides is 1. The molecule has 0 fully saturated rings. The fraction of sp³-hybridized carbons (Fsp3) is 0.0526. The van der Waals surface area contributed by atoms with Crippen LogP contribution in [0.25, 0.3) is 21.3 Å². The Hall–Kier alpha value is -2.92. The number of rotatable bonds is 4. The van der Waals surface area contributed by atoms with Crippen molar-refractivity contribution in [2.24, 2.45) is 0 Å². The average molecular weight is 334 g/mol. The number of hydrogen-bond donors (Lipinski definition) is 1. The van der Waals surface area contributed by atoms with Crippen LogP contribution in [0.2, 0.25) is 0 Å². The third kappa shape index (κ3) is 2.94. The Balaban J connectivity index is 1.43. The second kappa shape index (κ2) is 6.29. The second-order valence-electron chi connectivity index (χ2n) is 5.39. The summed E-state index contributed by atoms with van der Waals surface area (Å²) in [6.45, 7) is 0.450. The highest BCUT2D eigenvalue weighted by molar-refractivity contribution is 7.20. The van der Waals surface area contributed by atoms with Gasteiger partial charge >= 0.3 is 0 Å². The molecule has 3 aromatic heterocycles. The summed E-state index contributed by atoms with van der Waals surface area (Å²) in [6, 6.07) is 15.7. The van der Waals surface area contributed by atoms with Gasteiger partial charge in [-0.2, -0.15) is 0 Å². The Morgan fingerprint density at radius 2 is 2.08 bits per heavy atom. The van der Waals surface area contributed by atoms with Gasteiger partial charge in [0.25, 0.3) is 5.91 Å². The summed E-state index contributed by atoms with van der Waals surface area (Å²) in [4.78, 5) is 17.4. The average Bonchev–Trinajstić information content (AvgIpc) is 3.29. The van der Waals surface area contributed by atoms with Crippen LogP contribution in [0, 0.1) is 0 Å². The number of carbonyl (C=O) groups is 1. The molecule has 0 saturated carbocycles. The Morgan fingerprint density at radius 1 is 1.17 bits per heavy atom. The molecule has 0 spiro atoms. The zero-order valence-electron chi connectivity index (χ0n) is 12.7. The van der Waals surface area contributed by atoms with Gasteiger partial charge in [0.1, 0.15) is 0 Å². The summed E-state index contributed by atoms with van der Waals surface area (Å²) >= 11 is 1.50. The molecule has 0 atom stereocenters. The van der Waals surface area contributed by atoms with Gasteiger partial charge in [-0.25, -0.2) is 0 Å². The zero-order chi connectivity index (χ0) is 16.4. The lowest BCUT2D eigenvalue weighted by atomic mass is 10.2. The molecular weight excluding hydrogens is 320 g/mol. The molecule has 0 unspecified atom stereocenters. The minimum absolute atomic E-state index is 0.0601. The van der Waals surface area contributed by atoms with Gasteiger partial charge in [0, 0.05) is 23.0 Å². The number of fused-ring (bicyclic) bond motifs is 1. The Morgan fingerprint density at radius 3 is 2.83 bits per heavy atom. The van der Waals surface area contributed by atoms with Gasteiger partial charge < -0.3 is 9.73 Å². The highest BCUT2D eigenvalue weighted by atomic mass is 32.1. The molecule has 0 bridgehead atoms. The van der Waals surface area contributed by atoms with Crippen molar-refractivity contribution in [3.8, 4) is 11.3 Å². The monoisotopic (exact) mass is 334 g/mol. The maximum atomic E-state index is 12.3. The highest BCUT2D eigenvalue weighted by Crippen LogP contribution is 2.25. The molecule has 3 heterocycles. The van der Waals surface area contributed by atoms with Crippen molar-refractivity contribution in [3.63, 3.8) is 0 Å². The summed E-state index contributed by atoms with van der Waals surface area (Å²) in [5.41, 5.74) is 2.75. The van der Waals surface area contributed by atoms with Crippen molar-refractivity contribution < 1.29 is 9.21 Å². The van der Waals surface area contributed by atoms with Crippen molar-refractivity contribution >= 4 is 27.3 Å². The molecular formula is C19H14N2O2S. The van der Waals surface area contributed by atoms with Crippen LogP contribution in [-0.4, -0.2) is 10.9 Å². The van der Waals surface area contributed by atoms with Crippen LogP contribution in [-0.2, 0) is 6.54 Å². The quantitative estimate of drug-likeness (QED) is 0.598. The largest absolute Gasteiger partial charge is 0.472 e. The number of hydrogen-bond acceptors (Lipinski definition) is 4. The highest BCUT2D eigenvalue weighted by Gasteiger charge is 2.10. The van der Waals surface area contributed by atoms with Gasteiger partial charge in [-0.15, -0.1) is 11.3 Å².